The Kier molecular flexibility index (Phi) is 5.02. The molecule has 0 radical (unpaired) electrons. The Hall–Kier alpha value is -3.28. The molecule has 1 unspecified atom stereocenters. The van der Waals surface area contributed by atoms with E-state index in [4.69, 9.17) is 9.47 Å². The zero-order chi connectivity index (χ0) is 19.5. The van der Waals surface area contributed by atoms with Crippen molar-refractivity contribution < 1.29 is 14.3 Å². The highest BCUT2D eigenvalue weighted by Crippen LogP contribution is 2.39. The van der Waals surface area contributed by atoms with Crippen LogP contribution in [-0.4, -0.2) is 41.4 Å². The second kappa shape index (κ2) is 7.76. The average Bonchev–Trinajstić information content (AvgIpc) is 3.45. The molecule has 4 rings (SSSR count). The van der Waals surface area contributed by atoms with Gasteiger partial charge in [0.1, 0.15) is 11.5 Å². The predicted octanol–water partition coefficient (Wildman–Crippen LogP) is 3.87. The van der Waals surface area contributed by atoms with Crippen molar-refractivity contribution in [2.75, 3.05) is 20.8 Å². The van der Waals surface area contributed by atoms with Crippen LogP contribution in [0.25, 0.3) is 5.69 Å². The number of likely N-dealkylation sites (tertiary alicyclic amines) is 1. The predicted molar refractivity (Wildman–Crippen MR) is 106 cm³/mol. The number of carbonyl (C=O) groups excluding carboxylic acids is 1. The van der Waals surface area contributed by atoms with Gasteiger partial charge in [0.2, 0.25) is 0 Å². The van der Waals surface area contributed by atoms with Crippen LogP contribution in [0.4, 0.5) is 0 Å². The standard InChI is InChI=1S/C22H23N3O3/c1-27-18-10-11-21(28-2)19(15-18)20-5-3-13-24(20)22(26)16-6-8-17(9-7-16)25-14-4-12-23-25/h4,6-12,14-15,20H,3,5,13H2,1-2H3. The minimum absolute atomic E-state index is 0.0247. The molecule has 6 nitrogen and oxygen atoms in total. The van der Waals surface area contributed by atoms with Gasteiger partial charge in [-0.25, -0.2) is 4.68 Å². The molecule has 1 aliphatic rings. The van der Waals surface area contributed by atoms with Gasteiger partial charge >= 0.3 is 0 Å². The summed E-state index contributed by atoms with van der Waals surface area (Å²) in [5, 5.41) is 4.22. The quantitative estimate of drug-likeness (QED) is 0.677. The second-order valence-electron chi connectivity index (χ2n) is 6.76. The normalized spacial score (nSPS) is 16.2. The Morgan fingerprint density at radius 1 is 1.11 bits per heavy atom. The highest BCUT2D eigenvalue weighted by molar-refractivity contribution is 5.95. The third kappa shape index (κ3) is 3.33. The summed E-state index contributed by atoms with van der Waals surface area (Å²) in [5.41, 5.74) is 2.58. The summed E-state index contributed by atoms with van der Waals surface area (Å²) in [4.78, 5) is 15.1. The van der Waals surface area contributed by atoms with Gasteiger partial charge in [0.15, 0.2) is 0 Å². The smallest absolute Gasteiger partial charge is 0.254 e. The molecule has 3 aromatic rings. The van der Waals surface area contributed by atoms with E-state index in [9.17, 15) is 4.79 Å². The van der Waals surface area contributed by atoms with Crippen molar-refractivity contribution in [3.63, 3.8) is 0 Å². The molecule has 0 bridgehead atoms. The highest BCUT2D eigenvalue weighted by atomic mass is 16.5. The van der Waals surface area contributed by atoms with Gasteiger partial charge in [-0.15, -0.1) is 0 Å². The number of methoxy groups -OCH3 is 2. The first-order chi connectivity index (χ1) is 13.7. The van der Waals surface area contributed by atoms with Gasteiger partial charge in [-0.1, -0.05) is 0 Å². The van der Waals surface area contributed by atoms with Crippen molar-refractivity contribution in [1.29, 1.82) is 0 Å². The van der Waals surface area contributed by atoms with E-state index in [1.807, 2.05) is 59.6 Å². The number of aromatic nitrogens is 2. The molecule has 1 aromatic heterocycles. The van der Waals surface area contributed by atoms with Crippen molar-refractivity contribution in [2.45, 2.75) is 18.9 Å². The summed E-state index contributed by atoms with van der Waals surface area (Å²) in [6.07, 6.45) is 5.47. The van der Waals surface area contributed by atoms with Gasteiger partial charge in [0.05, 0.1) is 25.9 Å². The van der Waals surface area contributed by atoms with Gasteiger partial charge in [-0.2, -0.15) is 5.10 Å². The summed E-state index contributed by atoms with van der Waals surface area (Å²) < 4.78 is 12.7. The first-order valence-corrected chi connectivity index (χ1v) is 9.34. The van der Waals surface area contributed by atoms with Crippen LogP contribution in [-0.2, 0) is 0 Å². The molecule has 2 heterocycles. The van der Waals surface area contributed by atoms with Crippen molar-refractivity contribution in [3.8, 4) is 17.2 Å². The zero-order valence-electron chi connectivity index (χ0n) is 16.0. The molecule has 1 amide bonds. The van der Waals surface area contributed by atoms with Gasteiger partial charge < -0.3 is 14.4 Å². The van der Waals surface area contributed by atoms with Crippen molar-refractivity contribution >= 4 is 5.91 Å². The maximum Gasteiger partial charge on any atom is 0.254 e. The van der Waals surface area contributed by atoms with Crippen molar-refractivity contribution in [3.05, 3.63) is 72.1 Å². The van der Waals surface area contributed by atoms with E-state index in [0.717, 1.165) is 42.1 Å². The lowest BCUT2D eigenvalue weighted by Gasteiger charge is -2.27. The van der Waals surface area contributed by atoms with Crippen LogP contribution in [0.2, 0.25) is 0 Å². The van der Waals surface area contributed by atoms with E-state index in [0.29, 0.717) is 5.56 Å². The van der Waals surface area contributed by atoms with Crippen LogP contribution in [0.1, 0.15) is 34.8 Å². The summed E-state index contributed by atoms with van der Waals surface area (Å²) in [6.45, 7) is 0.727. The summed E-state index contributed by atoms with van der Waals surface area (Å²) in [6, 6.07) is 15.1. The Morgan fingerprint density at radius 3 is 2.61 bits per heavy atom. The molecule has 6 heteroatoms. The van der Waals surface area contributed by atoms with Gasteiger partial charge in [0.25, 0.3) is 5.91 Å². The molecular formula is C22H23N3O3. The van der Waals surface area contributed by atoms with E-state index < -0.39 is 0 Å². The Morgan fingerprint density at radius 2 is 1.93 bits per heavy atom. The molecule has 0 aliphatic carbocycles. The highest BCUT2D eigenvalue weighted by Gasteiger charge is 2.32. The van der Waals surface area contributed by atoms with Crippen molar-refractivity contribution in [1.82, 2.24) is 14.7 Å². The summed E-state index contributed by atoms with van der Waals surface area (Å²) >= 11 is 0. The van der Waals surface area contributed by atoms with Gasteiger partial charge in [-0.05, 0) is 61.4 Å². The molecule has 2 aromatic carbocycles. The number of benzene rings is 2. The fourth-order valence-corrected chi connectivity index (χ4v) is 3.78. The molecule has 1 fully saturated rings. The number of carbonyl (C=O) groups is 1. The summed E-state index contributed by atoms with van der Waals surface area (Å²) in [7, 11) is 3.30. The molecule has 0 saturated carbocycles. The SMILES string of the molecule is COc1ccc(OC)c(C2CCCN2C(=O)c2ccc(-n3cccn3)cc2)c1. The first-order valence-electron chi connectivity index (χ1n) is 9.34. The second-order valence-corrected chi connectivity index (χ2v) is 6.76. The number of hydrogen-bond acceptors (Lipinski definition) is 4. The third-order valence-electron chi connectivity index (χ3n) is 5.19. The van der Waals surface area contributed by atoms with E-state index in [-0.39, 0.29) is 11.9 Å². The molecule has 1 atom stereocenters. The molecule has 0 spiro atoms. The molecular weight excluding hydrogens is 354 g/mol. The minimum atomic E-state index is -0.0247. The van der Waals surface area contributed by atoms with Crippen LogP contribution in [0.5, 0.6) is 11.5 Å². The number of hydrogen-bond donors (Lipinski definition) is 0. The minimum Gasteiger partial charge on any atom is -0.497 e. The van der Waals surface area contributed by atoms with E-state index >= 15 is 0 Å². The largest absolute Gasteiger partial charge is 0.497 e. The number of nitrogens with zero attached hydrogens (tertiary/aromatic N) is 3. The monoisotopic (exact) mass is 377 g/mol. The Labute approximate surface area is 164 Å². The fraction of sp³-hybridized carbons (Fsp3) is 0.273. The molecule has 1 saturated heterocycles. The molecule has 144 valence electrons. The van der Waals surface area contributed by atoms with Crippen LogP contribution in [0.15, 0.2) is 60.9 Å². The van der Waals surface area contributed by atoms with Crippen LogP contribution in [0.3, 0.4) is 0 Å². The first kappa shape index (κ1) is 18.1. The van der Waals surface area contributed by atoms with Gasteiger partial charge in [0, 0.05) is 30.1 Å². The van der Waals surface area contributed by atoms with Crippen LogP contribution < -0.4 is 9.47 Å². The maximum absolute atomic E-state index is 13.2. The molecule has 28 heavy (non-hydrogen) atoms. The van der Waals surface area contributed by atoms with E-state index in [1.165, 1.54) is 0 Å². The number of rotatable bonds is 5. The third-order valence-corrected chi connectivity index (χ3v) is 5.19. The van der Waals surface area contributed by atoms with E-state index in [2.05, 4.69) is 5.10 Å². The maximum atomic E-state index is 13.2. The fourth-order valence-electron chi connectivity index (χ4n) is 3.78. The Bertz CT molecular complexity index is 952. The number of ether oxygens (including phenoxy) is 2. The lowest BCUT2D eigenvalue weighted by atomic mass is 10.0. The summed E-state index contributed by atoms with van der Waals surface area (Å²) in [5.74, 6) is 1.57. The van der Waals surface area contributed by atoms with Gasteiger partial charge in [-0.3, -0.25) is 4.79 Å². The lowest BCUT2D eigenvalue weighted by Crippen LogP contribution is -2.30. The van der Waals surface area contributed by atoms with E-state index in [1.54, 1.807) is 25.1 Å². The van der Waals surface area contributed by atoms with Crippen LogP contribution >= 0.6 is 0 Å². The molecule has 1 aliphatic heterocycles. The molecule has 0 N–H and O–H groups in total. The average molecular weight is 377 g/mol. The zero-order valence-corrected chi connectivity index (χ0v) is 16.0. The number of amides is 1. The lowest BCUT2D eigenvalue weighted by molar-refractivity contribution is 0.0734. The topological polar surface area (TPSA) is 56.6 Å². The van der Waals surface area contributed by atoms with Crippen molar-refractivity contribution in [2.24, 2.45) is 0 Å². The Balaban J connectivity index is 1.61. The van der Waals surface area contributed by atoms with Crippen LogP contribution in [0, 0.1) is 0 Å².